The van der Waals surface area contributed by atoms with E-state index < -0.39 is 0 Å². The Hall–Kier alpha value is -2.63. The van der Waals surface area contributed by atoms with Gasteiger partial charge in [-0.05, 0) is 49.4 Å². The molecule has 1 aromatic carbocycles. The van der Waals surface area contributed by atoms with Gasteiger partial charge in [-0.15, -0.1) is 0 Å². The van der Waals surface area contributed by atoms with Crippen LogP contribution >= 0.6 is 0 Å². The number of piperidine rings is 1. The number of carbonyl (C=O) groups excluding carboxylic acids is 1. The Bertz CT molecular complexity index is 723. The second-order valence-electron chi connectivity index (χ2n) is 7.12. The SMILES string of the molecule is CCCCOc1ccc(C(=O)Nc2cnc(N3CCC(C)CC3)nc2)cc1. The summed E-state index contributed by atoms with van der Waals surface area (Å²) in [6.07, 6.45) is 7.79. The van der Waals surface area contributed by atoms with E-state index in [9.17, 15) is 4.79 Å². The highest BCUT2D eigenvalue weighted by atomic mass is 16.5. The standard InChI is InChI=1S/C21H28N4O2/c1-3-4-13-27-19-7-5-17(6-8-19)20(26)24-18-14-22-21(23-15-18)25-11-9-16(2)10-12-25/h5-8,14-16H,3-4,9-13H2,1-2H3,(H,24,26). The summed E-state index contributed by atoms with van der Waals surface area (Å²) in [5.74, 6) is 2.10. The summed E-state index contributed by atoms with van der Waals surface area (Å²) in [5, 5.41) is 2.84. The van der Waals surface area contributed by atoms with E-state index in [1.165, 1.54) is 12.8 Å². The van der Waals surface area contributed by atoms with Crippen molar-refractivity contribution in [3.8, 4) is 5.75 Å². The zero-order chi connectivity index (χ0) is 19.1. The van der Waals surface area contributed by atoms with E-state index in [0.717, 1.165) is 43.5 Å². The first kappa shape index (κ1) is 19.1. The first-order valence-corrected chi connectivity index (χ1v) is 9.77. The third kappa shape index (κ3) is 5.42. The summed E-state index contributed by atoms with van der Waals surface area (Å²) in [5.41, 5.74) is 1.17. The summed E-state index contributed by atoms with van der Waals surface area (Å²) in [6, 6.07) is 7.17. The van der Waals surface area contributed by atoms with Crippen molar-refractivity contribution in [3.63, 3.8) is 0 Å². The zero-order valence-corrected chi connectivity index (χ0v) is 16.1. The molecule has 1 aliphatic heterocycles. The van der Waals surface area contributed by atoms with Crippen LogP contribution in [0.15, 0.2) is 36.7 Å². The number of aromatic nitrogens is 2. The van der Waals surface area contributed by atoms with Gasteiger partial charge in [-0.2, -0.15) is 0 Å². The Kier molecular flexibility index (Phi) is 6.63. The normalized spacial score (nSPS) is 14.8. The van der Waals surface area contributed by atoms with Crippen molar-refractivity contribution >= 4 is 17.5 Å². The molecular weight excluding hydrogens is 340 g/mol. The average molecular weight is 368 g/mol. The molecule has 0 bridgehead atoms. The molecule has 0 atom stereocenters. The lowest BCUT2D eigenvalue weighted by molar-refractivity contribution is 0.102. The molecule has 6 nitrogen and oxygen atoms in total. The van der Waals surface area contributed by atoms with Gasteiger partial charge in [-0.25, -0.2) is 9.97 Å². The lowest BCUT2D eigenvalue weighted by atomic mass is 10.00. The first-order chi connectivity index (χ1) is 13.2. The van der Waals surface area contributed by atoms with Crippen LogP contribution in [0, 0.1) is 5.92 Å². The first-order valence-electron chi connectivity index (χ1n) is 9.77. The van der Waals surface area contributed by atoms with Gasteiger partial charge in [0.2, 0.25) is 5.95 Å². The van der Waals surface area contributed by atoms with Crippen molar-refractivity contribution in [2.24, 2.45) is 5.92 Å². The van der Waals surface area contributed by atoms with Crippen molar-refractivity contribution < 1.29 is 9.53 Å². The maximum atomic E-state index is 12.4. The van der Waals surface area contributed by atoms with Gasteiger partial charge in [-0.3, -0.25) is 4.79 Å². The molecule has 1 aromatic heterocycles. The molecule has 0 saturated carbocycles. The van der Waals surface area contributed by atoms with Crippen LogP contribution < -0.4 is 15.0 Å². The number of hydrogen-bond acceptors (Lipinski definition) is 5. The Morgan fingerprint density at radius 3 is 2.48 bits per heavy atom. The molecule has 0 radical (unpaired) electrons. The van der Waals surface area contributed by atoms with Gasteiger partial charge in [0.1, 0.15) is 5.75 Å². The summed E-state index contributed by atoms with van der Waals surface area (Å²) in [4.78, 5) is 23.4. The van der Waals surface area contributed by atoms with Gasteiger partial charge in [0.15, 0.2) is 0 Å². The van der Waals surface area contributed by atoms with E-state index in [2.05, 4.69) is 34.0 Å². The lowest BCUT2D eigenvalue weighted by Gasteiger charge is -2.30. The molecule has 0 spiro atoms. The lowest BCUT2D eigenvalue weighted by Crippen LogP contribution is -2.34. The molecule has 0 aliphatic carbocycles. The van der Waals surface area contributed by atoms with Crippen molar-refractivity contribution in [2.75, 3.05) is 29.9 Å². The van der Waals surface area contributed by atoms with Crippen LogP contribution in [0.2, 0.25) is 0 Å². The molecule has 1 N–H and O–H groups in total. The highest BCUT2D eigenvalue weighted by Gasteiger charge is 2.18. The number of benzene rings is 1. The average Bonchev–Trinajstić information content (AvgIpc) is 2.70. The summed E-state index contributed by atoms with van der Waals surface area (Å²) in [7, 11) is 0. The molecule has 6 heteroatoms. The van der Waals surface area contributed by atoms with Crippen LogP contribution in [0.1, 0.15) is 49.9 Å². The Labute approximate surface area is 161 Å². The fourth-order valence-electron chi connectivity index (χ4n) is 3.00. The maximum absolute atomic E-state index is 12.4. The van der Waals surface area contributed by atoms with E-state index in [-0.39, 0.29) is 5.91 Å². The fourth-order valence-corrected chi connectivity index (χ4v) is 3.00. The minimum absolute atomic E-state index is 0.182. The third-order valence-corrected chi connectivity index (χ3v) is 4.85. The molecule has 2 aromatic rings. The monoisotopic (exact) mass is 368 g/mol. The van der Waals surface area contributed by atoms with Crippen molar-refractivity contribution in [2.45, 2.75) is 39.5 Å². The minimum atomic E-state index is -0.182. The van der Waals surface area contributed by atoms with Gasteiger partial charge in [0.25, 0.3) is 5.91 Å². The summed E-state index contributed by atoms with van der Waals surface area (Å²) in [6.45, 7) is 7.07. The molecule has 0 unspecified atom stereocenters. The summed E-state index contributed by atoms with van der Waals surface area (Å²) >= 11 is 0. The van der Waals surface area contributed by atoms with Gasteiger partial charge in [0.05, 0.1) is 24.7 Å². The van der Waals surface area contributed by atoms with Gasteiger partial charge in [-0.1, -0.05) is 20.3 Å². The molecule has 2 heterocycles. The van der Waals surface area contributed by atoms with Gasteiger partial charge < -0.3 is 15.0 Å². The van der Waals surface area contributed by atoms with Crippen LogP contribution in [-0.2, 0) is 0 Å². The largest absolute Gasteiger partial charge is 0.494 e. The predicted molar refractivity (Wildman–Crippen MR) is 107 cm³/mol. The van der Waals surface area contributed by atoms with E-state index in [1.54, 1.807) is 24.5 Å². The smallest absolute Gasteiger partial charge is 0.255 e. The molecule has 1 aliphatic rings. The molecule has 1 amide bonds. The number of nitrogens with one attached hydrogen (secondary N) is 1. The van der Waals surface area contributed by atoms with Gasteiger partial charge >= 0.3 is 0 Å². The van der Waals surface area contributed by atoms with Gasteiger partial charge in [0, 0.05) is 18.7 Å². The van der Waals surface area contributed by atoms with Crippen LogP contribution in [-0.4, -0.2) is 35.6 Å². The Morgan fingerprint density at radius 2 is 1.85 bits per heavy atom. The quantitative estimate of drug-likeness (QED) is 0.744. The Morgan fingerprint density at radius 1 is 1.19 bits per heavy atom. The van der Waals surface area contributed by atoms with Crippen LogP contribution in [0.5, 0.6) is 5.75 Å². The number of nitrogens with zero attached hydrogens (tertiary/aromatic N) is 3. The van der Waals surface area contributed by atoms with Crippen LogP contribution in [0.25, 0.3) is 0 Å². The van der Waals surface area contributed by atoms with Crippen molar-refractivity contribution in [1.29, 1.82) is 0 Å². The molecule has 27 heavy (non-hydrogen) atoms. The van der Waals surface area contributed by atoms with E-state index in [1.807, 2.05) is 12.1 Å². The zero-order valence-electron chi connectivity index (χ0n) is 16.1. The van der Waals surface area contributed by atoms with E-state index in [0.29, 0.717) is 17.9 Å². The van der Waals surface area contributed by atoms with Crippen LogP contribution in [0.3, 0.4) is 0 Å². The highest BCUT2D eigenvalue weighted by Crippen LogP contribution is 2.20. The second-order valence-corrected chi connectivity index (χ2v) is 7.12. The number of ether oxygens (including phenoxy) is 1. The topological polar surface area (TPSA) is 67.3 Å². The van der Waals surface area contributed by atoms with Crippen molar-refractivity contribution in [1.82, 2.24) is 9.97 Å². The predicted octanol–water partition coefficient (Wildman–Crippen LogP) is 4.14. The molecule has 144 valence electrons. The number of rotatable bonds is 7. The molecule has 1 saturated heterocycles. The van der Waals surface area contributed by atoms with Crippen LogP contribution in [0.4, 0.5) is 11.6 Å². The summed E-state index contributed by atoms with van der Waals surface area (Å²) < 4.78 is 5.62. The second kappa shape index (κ2) is 9.35. The third-order valence-electron chi connectivity index (χ3n) is 4.85. The molecular formula is C21H28N4O2. The van der Waals surface area contributed by atoms with E-state index >= 15 is 0 Å². The minimum Gasteiger partial charge on any atom is -0.494 e. The number of amides is 1. The highest BCUT2D eigenvalue weighted by molar-refractivity contribution is 6.04. The molecule has 1 fully saturated rings. The number of unbranched alkanes of at least 4 members (excludes halogenated alkanes) is 1. The Balaban J connectivity index is 1.54. The van der Waals surface area contributed by atoms with E-state index in [4.69, 9.17) is 4.74 Å². The fraction of sp³-hybridized carbons (Fsp3) is 0.476. The number of hydrogen-bond donors (Lipinski definition) is 1. The maximum Gasteiger partial charge on any atom is 0.255 e. The number of carbonyl (C=O) groups is 1. The molecule has 3 rings (SSSR count). The number of anilines is 2. The van der Waals surface area contributed by atoms with Crippen molar-refractivity contribution in [3.05, 3.63) is 42.2 Å².